The summed E-state index contributed by atoms with van der Waals surface area (Å²) in [5, 5.41) is 2.83. The zero-order valence-electron chi connectivity index (χ0n) is 11.7. The molecule has 1 N–H and O–H groups in total. The number of imidazole rings is 1. The first-order valence-electron chi connectivity index (χ1n) is 6.70. The van der Waals surface area contributed by atoms with Crippen LogP contribution in [0.4, 0.5) is 0 Å². The minimum atomic E-state index is -0.173. The van der Waals surface area contributed by atoms with Crippen LogP contribution in [0.15, 0.2) is 30.7 Å². The van der Waals surface area contributed by atoms with Crippen molar-refractivity contribution in [1.82, 2.24) is 19.6 Å². The van der Waals surface area contributed by atoms with Gasteiger partial charge in [0.25, 0.3) is 5.91 Å². The Balaban J connectivity index is 1.60. The highest BCUT2D eigenvalue weighted by molar-refractivity contribution is 5.94. The van der Waals surface area contributed by atoms with E-state index in [1.807, 2.05) is 0 Å². The van der Waals surface area contributed by atoms with E-state index in [2.05, 4.69) is 10.3 Å². The maximum atomic E-state index is 12.1. The molecule has 0 radical (unpaired) electrons. The van der Waals surface area contributed by atoms with Gasteiger partial charge in [0.2, 0.25) is 5.91 Å². The summed E-state index contributed by atoms with van der Waals surface area (Å²) < 4.78 is 7.17. The molecule has 0 aliphatic carbocycles. The van der Waals surface area contributed by atoms with Crippen LogP contribution in [-0.4, -0.2) is 58.9 Å². The van der Waals surface area contributed by atoms with Crippen molar-refractivity contribution in [2.45, 2.75) is 6.10 Å². The zero-order valence-corrected chi connectivity index (χ0v) is 11.7. The van der Waals surface area contributed by atoms with E-state index in [0.717, 1.165) is 5.65 Å². The number of fused-ring (bicyclic) bond motifs is 1. The van der Waals surface area contributed by atoms with Gasteiger partial charge in [-0.3, -0.25) is 9.59 Å². The highest BCUT2D eigenvalue weighted by Crippen LogP contribution is 2.06. The predicted molar refractivity (Wildman–Crippen MR) is 74.9 cm³/mol. The Morgan fingerprint density at radius 1 is 1.52 bits per heavy atom. The van der Waals surface area contributed by atoms with Crippen molar-refractivity contribution in [3.05, 3.63) is 36.3 Å². The fourth-order valence-electron chi connectivity index (χ4n) is 2.25. The van der Waals surface area contributed by atoms with Gasteiger partial charge in [-0.2, -0.15) is 0 Å². The van der Waals surface area contributed by atoms with Gasteiger partial charge in [0.15, 0.2) is 0 Å². The van der Waals surface area contributed by atoms with Gasteiger partial charge in [-0.05, 0) is 12.1 Å². The first-order valence-corrected chi connectivity index (χ1v) is 6.70. The molecule has 7 heteroatoms. The van der Waals surface area contributed by atoms with Crippen molar-refractivity contribution in [1.29, 1.82) is 0 Å². The van der Waals surface area contributed by atoms with Crippen LogP contribution < -0.4 is 5.32 Å². The molecular formula is C14H16N4O3. The standard InChI is InChI=1S/C14H16N4O3/c1-17-8-11(21-9-13(17)19)6-16-14(20)10-2-3-12-15-4-5-18(12)7-10/h2-5,7,11H,6,8-9H2,1H3,(H,16,20). The maximum absolute atomic E-state index is 12.1. The average molecular weight is 288 g/mol. The molecule has 1 fully saturated rings. The minimum Gasteiger partial charge on any atom is -0.365 e. The molecule has 1 atom stereocenters. The number of amides is 2. The number of carbonyl (C=O) groups is 2. The molecule has 0 bridgehead atoms. The summed E-state index contributed by atoms with van der Waals surface area (Å²) in [6.45, 7) is 0.927. The number of carbonyl (C=O) groups excluding carboxylic acids is 2. The molecular weight excluding hydrogens is 272 g/mol. The van der Waals surface area contributed by atoms with Gasteiger partial charge < -0.3 is 19.4 Å². The third kappa shape index (κ3) is 2.87. The number of aromatic nitrogens is 2. The number of nitrogens with one attached hydrogen (secondary N) is 1. The fourth-order valence-corrected chi connectivity index (χ4v) is 2.25. The van der Waals surface area contributed by atoms with Gasteiger partial charge in [-0.25, -0.2) is 4.98 Å². The SMILES string of the molecule is CN1CC(CNC(=O)c2ccc3nccn3c2)OCC1=O. The van der Waals surface area contributed by atoms with E-state index in [1.165, 1.54) is 0 Å². The molecule has 21 heavy (non-hydrogen) atoms. The Morgan fingerprint density at radius 3 is 3.19 bits per heavy atom. The molecule has 0 aromatic carbocycles. The number of ether oxygens (including phenoxy) is 1. The van der Waals surface area contributed by atoms with Gasteiger partial charge in [-0.1, -0.05) is 0 Å². The summed E-state index contributed by atoms with van der Waals surface area (Å²) in [4.78, 5) is 29.2. The molecule has 1 saturated heterocycles. The molecule has 2 amide bonds. The summed E-state index contributed by atoms with van der Waals surface area (Å²) in [6.07, 6.45) is 5.03. The van der Waals surface area contributed by atoms with Crippen molar-refractivity contribution < 1.29 is 14.3 Å². The topological polar surface area (TPSA) is 75.9 Å². The van der Waals surface area contributed by atoms with E-state index >= 15 is 0 Å². The lowest BCUT2D eigenvalue weighted by Crippen LogP contribution is -2.48. The van der Waals surface area contributed by atoms with Gasteiger partial charge in [-0.15, -0.1) is 0 Å². The van der Waals surface area contributed by atoms with Gasteiger partial charge in [0.1, 0.15) is 12.3 Å². The van der Waals surface area contributed by atoms with E-state index in [-0.39, 0.29) is 24.5 Å². The van der Waals surface area contributed by atoms with Gasteiger partial charge in [0, 0.05) is 38.7 Å². The Hall–Kier alpha value is -2.41. The average Bonchev–Trinajstić information content (AvgIpc) is 2.95. The smallest absolute Gasteiger partial charge is 0.252 e. The molecule has 2 aromatic heterocycles. The number of nitrogens with zero attached hydrogens (tertiary/aromatic N) is 3. The second-order valence-corrected chi connectivity index (χ2v) is 5.03. The molecule has 0 spiro atoms. The quantitative estimate of drug-likeness (QED) is 0.857. The van der Waals surface area contributed by atoms with Crippen molar-refractivity contribution in [2.75, 3.05) is 26.7 Å². The van der Waals surface area contributed by atoms with Crippen LogP contribution in [0.25, 0.3) is 5.65 Å². The monoisotopic (exact) mass is 288 g/mol. The highest BCUT2D eigenvalue weighted by Gasteiger charge is 2.23. The highest BCUT2D eigenvalue weighted by atomic mass is 16.5. The molecule has 7 nitrogen and oxygen atoms in total. The van der Waals surface area contributed by atoms with E-state index in [1.54, 1.807) is 47.1 Å². The van der Waals surface area contributed by atoms with Crippen LogP contribution in [0, 0.1) is 0 Å². The Labute approximate surface area is 121 Å². The molecule has 1 aliphatic heterocycles. The molecule has 1 aliphatic rings. The Bertz CT molecular complexity index is 682. The number of likely N-dealkylation sites (N-methyl/N-ethyl adjacent to an activating group) is 1. The first kappa shape index (κ1) is 13.6. The number of hydrogen-bond acceptors (Lipinski definition) is 4. The van der Waals surface area contributed by atoms with Crippen molar-refractivity contribution in [3.8, 4) is 0 Å². The number of pyridine rings is 1. The third-order valence-corrected chi connectivity index (χ3v) is 3.49. The zero-order chi connectivity index (χ0) is 14.8. The normalized spacial score (nSPS) is 19.0. The van der Waals surface area contributed by atoms with Crippen LogP contribution >= 0.6 is 0 Å². The molecule has 1 unspecified atom stereocenters. The van der Waals surface area contributed by atoms with Crippen LogP contribution in [0.2, 0.25) is 0 Å². The lowest BCUT2D eigenvalue weighted by Gasteiger charge is -2.29. The number of rotatable bonds is 3. The molecule has 3 rings (SSSR count). The summed E-state index contributed by atoms with van der Waals surface area (Å²) in [6, 6.07) is 3.52. The van der Waals surface area contributed by atoms with Gasteiger partial charge >= 0.3 is 0 Å². The lowest BCUT2D eigenvalue weighted by molar-refractivity contribution is -0.146. The first-order chi connectivity index (χ1) is 10.1. The summed E-state index contributed by atoms with van der Waals surface area (Å²) in [5.74, 6) is -0.211. The minimum absolute atomic E-state index is 0.0388. The number of hydrogen-bond donors (Lipinski definition) is 1. The summed E-state index contributed by atoms with van der Waals surface area (Å²) in [7, 11) is 1.73. The number of morpholine rings is 1. The Kier molecular flexibility index (Phi) is 3.57. The second kappa shape index (κ2) is 5.53. The van der Waals surface area contributed by atoms with Crippen molar-refractivity contribution in [3.63, 3.8) is 0 Å². The van der Waals surface area contributed by atoms with Crippen molar-refractivity contribution >= 4 is 17.5 Å². The van der Waals surface area contributed by atoms with E-state index in [0.29, 0.717) is 18.7 Å². The fraction of sp³-hybridized carbons (Fsp3) is 0.357. The molecule has 2 aromatic rings. The lowest BCUT2D eigenvalue weighted by atomic mass is 10.2. The van der Waals surface area contributed by atoms with Crippen LogP contribution in [0.1, 0.15) is 10.4 Å². The van der Waals surface area contributed by atoms with E-state index in [4.69, 9.17) is 4.74 Å². The van der Waals surface area contributed by atoms with Crippen molar-refractivity contribution in [2.24, 2.45) is 0 Å². The molecule has 0 saturated carbocycles. The Morgan fingerprint density at radius 2 is 2.38 bits per heavy atom. The second-order valence-electron chi connectivity index (χ2n) is 5.03. The maximum Gasteiger partial charge on any atom is 0.252 e. The summed E-state index contributed by atoms with van der Waals surface area (Å²) in [5.41, 5.74) is 1.35. The molecule has 110 valence electrons. The molecule has 3 heterocycles. The summed E-state index contributed by atoms with van der Waals surface area (Å²) >= 11 is 0. The largest absolute Gasteiger partial charge is 0.365 e. The predicted octanol–water partition coefficient (Wildman–Crippen LogP) is -0.0787. The van der Waals surface area contributed by atoms with E-state index in [9.17, 15) is 9.59 Å². The van der Waals surface area contributed by atoms with Gasteiger partial charge in [0.05, 0.1) is 11.7 Å². The third-order valence-electron chi connectivity index (χ3n) is 3.49. The van der Waals surface area contributed by atoms with E-state index < -0.39 is 0 Å². The van der Waals surface area contributed by atoms with Crippen LogP contribution in [0.5, 0.6) is 0 Å². The van der Waals surface area contributed by atoms with Crippen LogP contribution in [0.3, 0.4) is 0 Å². The van der Waals surface area contributed by atoms with Crippen LogP contribution in [-0.2, 0) is 9.53 Å².